The minimum absolute atomic E-state index is 0.0389. The van der Waals surface area contributed by atoms with Crippen LogP contribution >= 0.6 is 0 Å². The maximum Gasteiger partial charge on any atom is 0.345 e. The van der Waals surface area contributed by atoms with Gasteiger partial charge in [-0.3, -0.25) is 9.69 Å². The van der Waals surface area contributed by atoms with E-state index >= 15 is 0 Å². The fraction of sp³-hybridized carbons (Fsp3) is 0.786. The molecule has 0 saturated carbocycles. The number of piperazine rings is 1. The molecule has 1 aliphatic rings. The van der Waals surface area contributed by atoms with Gasteiger partial charge in [0, 0.05) is 32.7 Å². The number of carbonyl (C=O) groups excluding carboxylic acids is 3. The summed E-state index contributed by atoms with van der Waals surface area (Å²) in [5.41, 5.74) is -1.82. The number of ether oxygens (including phenoxy) is 2. The van der Waals surface area contributed by atoms with Crippen LogP contribution in [0.5, 0.6) is 0 Å². The summed E-state index contributed by atoms with van der Waals surface area (Å²) in [6.45, 7) is 6.58. The summed E-state index contributed by atoms with van der Waals surface area (Å²) < 4.78 is 9.98. The molecule has 0 spiro atoms. The summed E-state index contributed by atoms with van der Waals surface area (Å²) in [6, 6.07) is 0. The number of amides is 1. The first-order valence-corrected chi connectivity index (χ1v) is 7.46. The van der Waals surface area contributed by atoms with Crippen molar-refractivity contribution in [1.82, 2.24) is 15.1 Å². The SMILES string of the molecule is CCOC(=O)C(CN1CCN(C)CC1)(NC=O)C(=O)OCC. The summed E-state index contributed by atoms with van der Waals surface area (Å²) in [5, 5.41) is 2.34. The summed E-state index contributed by atoms with van der Waals surface area (Å²) in [6.07, 6.45) is 0.337. The van der Waals surface area contributed by atoms with Crippen molar-refractivity contribution in [2.75, 3.05) is 53.0 Å². The lowest BCUT2D eigenvalue weighted by molar-refractivity contribution is -0.168. The van der Waals surface area contributed by atoms with Crippen molar-refractivity contribution in [3.05, 3.63) is 0 Å². The fourth-order valence-electron chi connectivity index (χ4n) is 2.33. The van der Waals surface area contributed by atoms with Crippen molar-refractivity contribution >= 4 is 18.3 Å². The van der Waals surface area contributed by atoms with Gasteiger partial charge in [0.2, 0.25) is 11.9 Å². The first kappa shape index (κ1) is 18.4. The molecule has 8 nitrogen and oxygen atoms in total. The minimum Gasteiger partial charge on any atom is -0.464 e. The molecule has 1 amide bonds. The molecule has 0 aliphatic carbocycles. The van der Waals surface area contributed by atoms with E-state index in [1.807, 2.05) is 11.9 Å². The van der Waals surface area contributed by atoms with Gasteiger partial charge in [-0.2, -0.15) is 0 Å². The van der Waals surface area contributed by atoms with Crippen molar-refractivity contribution in [1.29, 1.82) is 0 Å². The lowest BCUT2D eigenvalue weighted by atomic mass is 9.98. The second-order valence-electron chi connectivity index (χ2n) is 5.19. The maximum absolute atomic E-state index is 12.3. The predicted molar refractivity (Wildman–Crippen MR) is 79.1 cm³/mol. The molecule has 1 N–H and O–H groups in total. The number of nitrogens with zero attached hydrogens (tertiary/aromatic N) is 2. The molecule has 0 unspecified atom stereocenters. The van der Waals surface area contributed by atoms with E-state index in [2.05, 4.69) is 10.2 Å². The normalized spacial score (nSPS) is 16.9. The minimum atomic E-state index is -1.82. The zero-order valence-corrected chi connectivity index (χ0v) is 13.5. The van der Waals surface area contributed by atoms with Crippen LogP contribution in [0.2, 0.25) is 0 Å². The molecule has 1 fully saturated rings. The van der Waals surface area contributed by atoms with Crippen molar-refractivity contribution in [3.63, 3.8) is 0 Å². The largest absolute Gasteiger partial charge is 0.464 e. The number of carbonyl (C=O) groups is 3. The van der Waals surface area contributed by atoms with Gasteiger partial charge in [0.25, 0.3) is 0 Å². The highest BCUT2D eigenvalue weighted by molar-refractivity contribution is 6.06. The van der Waals surface area contributed by atoms with Gasteiger partial charge in [-0.15, -0.1) is 0 Å². The number of hydrogen-bond donors (Lipinski definition) is 1. The first-order valence-electron chi connectivity index (χ1n) is 7.46. The average molecular weight is 315 g/mol. The topological polar surface area (TPSA) is 88.2 Å². The quantitative estimate of drug-likeness (QED) is 0.343. The monoisotopic (exact) mass is 315 g/mol. The van der Waals surface area contributed by atoms with Crippen LogP contribution in [0.3, 0.4) is 0 Å². The van der Waals surface area contributed by atoms with Crippen LogP contribution in [-0.4, -0.2) is 86.7 Å². The number of esters is 2. The van der Waals surface area contributed by atoms with Crippen LogP contribution in [-0.2, 0) is 23.9 Å². The molecule has 1 aliphatic heterocycles. The predicted octanol–water partition coefficient (Wildman–Crippen LogP) is -1.16. The number of hydrogen-bond acceptors (Lipinski definition) is 7. The summed E-state index contributed by atoms with van der Waals surface area (Å²) in [4.78, 5) is 39.7. The molecule has 1 saturated heterocycles. The van der Waals surface area contributed by atoms with E-state index < -0.39 is 17.5 Å². The zero-order valence-electron chi connectivity index (χ0n) is 13.5. The molecule has 0 aromatic carbocycles. The van der Waals surface area contributed by atoms with Gasteiger partial charge in [0.05, 0.1) is 13.2 Å². The smallest absolute Gasteiger partial charge is 0.345 e. The van der Waals surface area contributed by atoms with Crippen molar-refractivity contribution in [2.45, 2.75) is 19.4 Å². The van der Waals surface area contributed by atoms with Crippen LogP contribution in [0, 0.1) is 0 Å². The van der Waals surface area contributed by atoms with E-state index in [9.17, 15) is 14.4 Å². The highest BCUT2D eigenvalue weighted by atomic mass is 16.6. The third-order valence-electron chi connectivity index (χ3n) is 3.61. The third-order valence-corrected chi connectivity index (χ3v) is 3.61. The van der Waals surface area contributed by atoms with Crippen LogP contribution in [0.4, 0.5) is 0 Å². The summed E-state index contributed by atoms with van der Waals surface area (Å²) in [5.74, 6) is -1.58. The molecule has 22 heavy (non-hydrogen) atoms. The molecule has 0 atom stereocenters. The Kier molecular flexibility index (Phi) is 7.26. The van der Waals surface area contributed by atoms with E-state index in [-0.39, 0.29) is 19.8 Å². The second kappa shape index (κ2) is 8.70. The van der Waals surface area contributed by atoms with Crippen molar-refractivity contribution in [3.8, 4) is 0 Å². The van der Waals surface area contributed by atoms with Crippen LogP contribution in [0.15, 0.2) is 0 Å². The van der Waals surface area contributed by atoms with Crippen molar-refractivity contribution in [2.24, 2.45) is 0 Å². The fourth-order valence-corrected chi connectivity index (χ4v) is 2.33. The average Bonchev–Trinajstić information content (AvgIpc) is 2.49. The molecule has 0 aromatic rings. The molecule has 0 aromatic heterocycles. The van der Waals surface area contributed by atoms with Gasteiger partial charge in [0.15, 0.2) is 0 Å². The Hall–Kier alpha value is -1.67. The van der Waals surface area contributed by atoms with Gasteiger partial charge in [0.1, 0.15) is 0 Å². The Morgan fingerprint density at radius 1 is 1.09 bits per heavy atom. The highest BCUT2D eigenvalue weighted by Crippen LogP contribution is 2.15. The molecule has 1 heterocycles. The molecular weight excluding hydrogens is 290 g/mol. The van der Waals surface area contributed by atoms with E-state index in [0.29, 0.717) is 19.5 Å². The van der Waals surface area contributed by atoms with E-state index in [1.54, 1.807) is 13.8 Å². The van der Waals surface area contributed by atoms with Crippen molar-refractivity contribution < 1.29 is 23.9 Å². The maximum atomic E-state index is 12.3. The first-order chi connectivity index (χ1) is 10.5. The number of rotatable bonds is 8. The standard InChI is InChI=1S/C14H25N3O5/c1-4-21-12(19)14(15-11-18,13(20)22-5-2)10-17-8-6-16(3)7-9-17/h11H,4-10H2,1-3H3,(H,15,18). The van der Waals surface area contributed by atoms with Crippen LogP contribution in [0.1, 0.15) is 13.8 Å². The zero-order chi connectivity index (χ0) is 16.6. The van der Waals surface area contributed by atoms with E-state index in [4.69, 9.17) is 9.47 Å². The van der Waals surface area contributed by atoms with E-state index in [0.717, 1.165) is 13.1 Å². The second-order valence-corrected chi connectivity index (χ2v) is 5.19. The van der Waals surface area contributed by atoms with Gasteiger partial charge >= 0.3 is 11.9 Å². The van der Waals surface area contributed by atoms with Gasteiger partial charge in [-0.05, 0) is 20.9 Å². The van der Waals surface area contributed by atoms with Gasteiger partial charge in [-0.1, -0.05) is 0 Å². The number of likely N-dealkylation sites (N-methyl/N-ethyl adjacent to an activating group) is 1. The van der Waals surface area contributed by atoms with Gasteiger partial charge < -0.3 is 19.7 Å². The molecule has 1 rings (SSSR count). The summed E-state index contributed by atoms with van der Waals surface area (Å²) >= 11 is 0. The van der Waals surface area contributed by atoms with Gasteiger partial charge in [-0.25, -0.2) is 9.59 Å². The van der Waals surface area contributed by atoms with Crippen LogP contribution < -0.4 is 5.32 Å². The third kappa shape index (κ3) is 4.41. The molecule has 8 heteroatoms. The Morgan fingerprint density at radius 3 is 2.00 bits per heavy atom. The van der Waals surface area contributed by atoms with E-state index in [1.165, 1.54) is 0 Å². The lowest BCUT2D eigenvalue weighted by Crippen LogP contribution is -2.66. The highest BCUT2D eigenvalue weighted by Gasteiger charge is 2.50. The molecule has 0 bridgehead atoms. The Morgan fingerprint density at radius 2 is 1.59 bits per heavy atom. The Balaban J connectivity index is 2.97. The Labute approximate surface area is 130 Å². The molecule has 126 valence electrons. The lowest BCUT2D eigenvalue weighted by Gasteiger charge is -2.37. The molecular formula is C14H25N3O5. The number of nitrogens with one attached hydrogen (secondary N) is 1. The Bertz CT molecular complexity index is 376. The van der Waals surface area contributed by atoms with Crippen LogP contribution in [0.25, 0.3) is 0 Å². The summed E-state index contributed by atoms with van der Waals surface area (Å²) in [7, 11) is 2.00. The molecule has 0 radical (unpaired) electrons.